The van der Waals surface area contributed by atoms with Crippen molar-refractivity contribution < 1.29 is 4.79 Å². The summed E-state index contributed by atoms with van der Waals surface area (Å²) in [6.45, 7) is 5.62. The molecular formula is C21H19N3OS2. The Kier molecular flexibility index (Phi) is 6.17. The minimum atomic E-state index is -0.382. The van der Waals surface area contributed by atoms with Crippen molar-refractivity contribution in [1.82, 2.24) is 5.32 Å². The van der Waals surface area contributed by atoms with Gasteiger partial charge in [0.2, 0.25) is 0 Å². The van der Waals surface area contributed by atoms with Crippen molar-refractivity contribution in [3.8, 4) is 6.07 Å². The van der Waals surface area contributed by atoms with Gasteiger partial charge in [-0.1, -0.05) is 30.3 Å². The normalized spacial score (nSPS) is 16.5. The van der Waals surface area contributed by atoms with E-state index in [9.17, 15) is 10.1 Å². The van der Waals surface area contributed by atoms with Crippen molar-refractivity contribution in [2.24, 2.45) is 0 Å². The van der Waals surface area contributed by atoms with Crippen LogP contribution in [0, 0.1) is 11.3 Å². The first kappa shape index (κ1) is 19.0. The number of rotatable bonds is 6. The first-order chi connectivity index (χ1) is 13.2. The summed E-state index contributed by atoms with van der Waals surface area (Å²) in [4.78, 5) is 14.1. The molecule has 2 heterocycles. The molecule has 0 spiro atoms. The van der Waals surface area contributed by atoms with E-state index in [0.29, 0.717) is 16.9 Å². The summed E-state index contributed by atoms with van der Waals surface area (Å²) in [5.74, 6) is 0.0983. The maximum Gasteiger partial charge on any atom is 0.254 e. The van der Waals surface area contributed by atoms with Gasteiger partial charge in [0.25, 0.3) is 5.91 Å². The third-order valence-corrected chi connectivity index (χ3v) is 6.05. The van der Waals surface area contributed by atoms with Gasteiger partial charge in [-0.2, -0.15) is 5.26 Å². The number of carbonyl (C=O) groups is 1. The number of para-hydroxylation sites is 1. The fourth-order valence-corrected chi connectivity index (χ4v) is 4.60. The molecule has 6 heteroatoms. The molecule has 1 amide bonds. The Hall–Kier alpha value is -2.75. The van der Waals surface area contributed by atoms with E-state index in [1.807, 2.05) is 54.8 Å². The number of dihydropyridines is 1. The lowest BCUT2D eigenvalue weighted by atomic mass is 9.86. The Morgan fingerprint density at radius 3 is 2.78 bits per heavy atom. The number of anilines is 1. The molecule has 2 N–H and O–H groups in total. The van der Waals surface area contributed by atoms with Gasteiger partial charge in [-0.25, -0.2) is 0 Å². The molecule has 27 heavy (non-hydrogen) atoms. The Balaban J connectivity index is 2.02. The average Bonchev–Trinajstić information content (AvgIpc) is 3.20. The predicted octanol–water partition coefficient (Wildman–Crippen LogP) is 5.00. The lowest BCUT2D eigenvalue weighted by molar-refractivity contribution is -0.113. The minimum absolute atomic E-state index is 0.204. The quantitative estimate of drug-likeness (QED) is 0.678. The summed E-state index contributed by atoms with van der Waals surface area (Å²) < 4.78 is 0. The van der Waals surface area contributed by atoms with Gasteiger partial charge in [0.05, 0.1) is 22.6 Å². The second kappa shape index (κ2) is 8.76. The molecule has 1 atom stereocenters. The largest absolute Gasteiger partial charge is 0.353 e. The van der Waals surface area contributed by atoms with E-state index in [2.05, 4.69) is 23.3 Å². The lowest BCUT2D eigenvalue weighted by Crippen LogP contribution is -2.30. The molecule has 1 aliphatic rings. The maximum absolute atomic E-state index is 13.1. The van der Waals surface area contributed by atoms with E-state index in [4.69, 9.17) is 0 Å². The van der Waals surface area contributed by atoms with E-state index in [0.717, 1.165) is 21.3 Å². The van der Waals surface area contributed by atoms with Crippen LogP contribution in [0.3, 0.4) is 0 Å². The molecule has 0 saturated heterocycles. The third kappa shape index (κ3) is 4.16. The van der Waals surface area contributed by atoms with E-state index in [1.54, 1.807) is 17.4 Å². The van der Waals surface area contributed by atoms with Crippen LogP contribution in [0.5, 0.6) is 0 Å². The number of allylic oxidation sites excluding steroid dienone is 2. The molecule has 4 nitrogen and oxygen atoms in total. The maximum atomic E-state index is 13.1. The minimum Gasteiger partial charge on any atom is -0.353 e. The molecular weight excluding hydrogens is 374 g/mol. The Bertz CT molecular complexity index is 938. The molecule has 1 aliphatic heterocycles. The first-order valence-corrected chi connectivity index (χ1v) is 10.3. The van der Waals surface area contributed by atoms with Crippen molar-refractivity contribution in [2.45, 2.75) is 12.8 Å². The molecule has 1 unspecified atom stereocenters. The summed E-state index contributed by atoms with van der Waals surface area (Å²) in [5.41, 5.74) is 2.61. The zero-order valence-corrected chi connectivity index (χ0v) is 16.5. The second-order valence-electron chi connectivity index (χ2n) is 5.89. The van der Waals surface area contributed by atoms with Crippen molar-refractivity contribution in [1.29, 1.82) is 5.26 Å². The number of hydrogen-bond acceptors (Lipinski definition) is 5. The van der Waals surface area contributed by atoms with Crippen LogP contribution in [0.4, 0.5) is 5.69 Å². The molecule has 0 saturated carbocycles. The fraction of sp³-hybridized carbons (Fsp3) is 0.143. The van der Waals surface area contributed by atoms with Crippen LogP contribution in [-0.2, 0) is 4.79 Å². The highest BCUT2D eigenvalue weighted by molar-refractivity contribution is 8.03. The molecule has 0 aliphatic carbocycles. The number of benzene rings is 1. The smallest absolute Gasteiger partial charge is 0.254 e. The van der Waals surface area contributed by atoms with Gasteiger partial charge in [0.1, 0.15) is 0 Å². The number of nitrogens with one attached hydrogen (secondary N) is 2. The zero-order chi connectivity index (χ0) is 19.2. The van der Waals surface area contributed by atoms with Gasteiger partial charge < -0.3 is 10.6 Å². The summed E-state index contributed by atoms with van der Waals surface area (Å²) in [5, 5.41) is 18.8. The molecule has 2 aromatic rings. The highest BCUT2D eigenvalue weighted by atomic mass is 32.2. The van der Waals surface area contributed by atoms with Gasteiger partial charge in [-0.05, 0) is 30.5 Å². The van der Waals surface area contributed by atoms with Crippen LogP contribution in [-0.4, -0.2) is 11.7 Å². The number of amides is 1. The fourth-order valence-electron chi connectivity index (χ4n) is 2.93. The molecule has 0 bridgehead atoms. The first-order valence-electron chi connectivity index (χ1n) is 8.41. The van der Waals surface area contributed by atoms with Crippen molar-refractivity contribution >= 4 is 34.7 Å². The van der Waals surface area contributed by atoms with Crippen molar-refractivity contribution in [2.75, 3.05) is 11.1 Å². The summed E-state index contributed by atoms with van der Waals surface area (Å²) in [7, 11) is 0. The standard InChI is InChI=1S/C21H19N3OS2/c1-3-11-27-21-16(13-22)19(17-10-7-12-26-17)18(14(2)23-21)20(25)24-15-8-5-4-6-9-15/h3-10,12,19,23H,1,11H2,2H3,(H,24,25). The number of thioether (sulfide) groups is 1. The molecule has 1 aromatic heterocycles. The highest BCUT2D eigenvalue weighted by Gasteiger charge is 2.35. The number of thiophene rings is 1. The van der Waals surface area contributed by atoms with Gasteiger partial charge >= 0.3 is 0 Å². The predicted molar refractivity (Wildman–Crippen MR) is 113 cm³/mol. The van der Waals surface area contributed by atoms with Gasteiger partial charge in [-0.15, -0.1) is 29.7 Å². The topological polar surface area (TPSA) is 64.9 Å². The van der Waals surface area contributed by atoms with Crippen LogP contribution in [0.25, 0.3) is 0 Å². The second-order valence-corrected chi connectivity index (χ2v) is 7.90. The lowest BCUT2D eigenvalue weighted by Gasteiger charge is -2.29. The van der Waals surface area contributed by atoms with E-state index in [-0.39, 0.29) is 11.8 Å². The monoisotopic (exact) mass is 393 g/mol. The SMILES string of the molecule is C=CCSC1=C(C#N)C(c2cccs2)C(C(=O)Nc2ccccc2)=C(C)N1. The van der Waals surface area contributed by atoms with Gasteiger partial charge in [0, 0.05) is 27.6 Å². The van der Waals surface area contributed by atoms with Crippen LogP contribution in [0.1, 0.15) is 17.7 Å². The van der Waals surface area contributed by atoms with E-state index < -0.39 is 0 Å². The molecule has 3 rings (SSSR count). The van der Waals surface area contributed by atoms with Gasteiger partial charge in [0.15, 0.2) is 0 Å². The number of hydrogen-bond donors (Lipinski definition) is 2. The molecule has 136 valence electrons. The molecule has 0 radical (unpaired) electrons. The van der Waals surface area contributed by atoms with E-state index in [1.165, 1.54) is 11.8 Å². The summed E-state index contributed by atoms with van der Waals surface area (Å²) >= 11 is 3.07. The summed E-state index contributed by atoms with van der Waals surface area (Å²) in [6, 6.07) is 15.6. The van der Waals surface area contributed by atoms with Crippen LogP contribution < -0.4 is 10.6 Å². The van der Waals surface area contributed by atoms with Crippen LogP contribution in [0.2, 0.25) is 0 Å². The van der Waals surface area contributed by atoms with Crippen LogP contribution >= 0.6 is 23.1 Å². The molecule has 0 fully saturated rings. The average molecular weight is 394 g/mol. The Morgan fingerprint density at radius 2 is 2.15 bits per heavy atom. The third-order valence-electron chi connectivity index (χ3n) is 4.10. The van der Waals surface area contributed by atoms with Crippen molar-refractivity contribution in [3.63, 3.8) is 0 Å². The molecule has 1 aromatic carbocycles. The Morgan fingerprint density at radius 1 is 1.37 bits per heavy atom. The summed E-state index contributed by atoms with van der Waals surface area (Å²) in [6.07, 6.45) is 1.80. The zero-order valence-electron chi connectivity index (χ0n) is 14.9. The Labute approximate surface area is 167 Å². The van der Waals surface area contributed by atoms with Gasteiger partial charge in [-0.3, -0.25) is 4.79 Å². The van der Waals surface area contributed by atoms with Crippen molar-refractivity contribution in [3.05, 3.63) is 87.2 Å². The number of carbonyl (C=O) groups excluding carboxylic acids is 1. The highest BCUT2D eigenvalue weighted by Crippen LogP contribution is 2.42. The number of nitrogens with zero attached hydrogens (tertiary/aromatic N) is 1. The van der Waals surface area contributed by atoms with E-state index >= 15 is 0 Å². The number of nitriles is 1. The van der Waals surface area contributed by atoms with Crippen LogP contribution in [0.15, 0.2) is 82.4 Å².